The van der Waals surface area contributed by atoms with Gasteiger partial charge in [-0.15, -0.1) is 10.2 Å². The number of carbonyl (C=O) groups excluding carboxylic acids is 2. The summed E-state index contributed by atoms with van der Waals surface area (Å²) in [5.74, 6) is 2.25. The molecule has 2 amide bonds. The standard InChI is InChI=1S/C21H28N6O2/c1-2-8-23-20(28)16-4-3-5-17(13-16)21(29)26-10-6-15(7-11-26)19-25-24-18-14-22-9-12-27(18)19/h3-5,13,15,22H,2,6-12,14H2,1H3,(H,23,28). The van der Waals surface area contributed by atoms with E-state index in [4.69, 9.17) is 0 Å². The second-order valence-corrected chi connectivity index (χ2v) is 7.71. The molecule has 8 heteroatoms. The van der Waals surface area contributed by atoms with Crippen LogP contribution in [0.5, 0.6) is 0 Å². The molecular formula is C21H28N6O2. The molecule has 0 unspecified atom stereocenters. The van der Waals surface area contributed by atoms with Gasteiger partial charge in [0.25, 0.3) is 11.8 Å². The molecule has 2 N–H and O–H groups in total. The van der Waals surface area contributed by atoms with Gasteiger partial charge in [0.1, 0.15) is 11.6 Å². The lowest BCUT2D eigenvalue weighted by Crippen LogP contribution is -2.39. The Balaban J connectivity index is 1.39. The number of aromatic nitrogens is 3. The fraction of sp³-hybridized carbons (Fsp3) is 0.524. The van der Waals surface area contributed by atoms with E-state index in [0.717, 1.165) is 50.5 Å². The van der Waals surface area contributed by atoms with Gasteiger partial charge in [0, 0.05) is 49.8 Å². The number of fused-ring (bicyclic) bond motifs is 1. The van der Waals surface area contributed by atoms with Gasteiger partial charge in [0.2, 0.25) is 0 Å². The molecule has 0 spiro atoms. The minimum absolute atomic E-state index is 0.0129. The second kappa shape index (κ2) is 8.73. The highest BCUT2D eigenvalue weighted by atomic mass is 16.2. The van der Waals surface area contributed by atoms with Gasteiger partial charge >= 0.3 is 0 Å². The van der Waals surface area contributed by atoms with Crippen LogP contribution in [-0.2, 0) is 13.1 Å². The molecule has 0 atom stereocenters. The Bertz CT molecular complexity index is 885. The summed E-state index contributed by atoms with van der Waals surface area (Å²) in [4.78, 5) is 27.0. The average molecular weight is 396 g/mol. The lowest BCUT2D eigenvalue weighted by molar-refractivity contribution is 0.0710. The number of hydrogen-bond donors (Lipinski definition) is 2. The van der Waals surface area contributed by atoms with Crippen LogP contribution >= 0.6 is 0 Å². The van der Waals surface area contributed by atoms with Gasteiger partial charge in [0.15, 0.2) is 0 Å². The van der Waals surface area contributed by atoms with Crippen LogP contribution in [0.25, 0.3) is 0 Å². The monoisotopic (exact) mass is 396 g/mol. The molecule has 3 heterocycles. The van der Waals surface area contributed by atoms with Crippen molar-refractivity contribution in [2.75, 3.05) is 26.2 Å². The maximum atomic E-state index is 13.0. The third-order valence-corrected chi connectivity index (χ3v) is 5.71. The fourth-order valence-corrected chi connectivity index (χ4v) is 4.07. The number of amides is 2. The van der Waals surface area contributed by atoms with Crippen molar-refractivity contribution in [1.82, 2.24) is 30.3 Å². The lowest BCUT2D eigenvalue weighted by atomic mass is 9.95. The topological polar surface area (TPSA) is 92.2 Å². The molecule has 0 radical (unpaired) electrons. The molecule has 1 fully saturated rings. The third-order valence-electron chi connectivity index (χ3n) is 5.71. The Morgan fingerprint density at radius 2 is 1.97 bits per heavy atom. The molecule has 2 aliphatic heterocycles. The smallest absolute Gasteiger partial charge is 0.253 e. The van der Waals surface area contributed by atoms with Crippen molar-refractivity contribution in [2.24, 2.45) is 0 Å². The first-order valence-electron chi connectivity index (χ1n) is 10.5. The Morgan fingerprint density at radius 1 is 1.17 bits per heavy atom. The molecular weight excluding hydrogens is 368 g/mol. The predicted octanol–water partition coefficient (Wildman–Crippen LogP) is 1.54. The Morgan fingerprint density at radius 3 is 2.76 bits per heavy atom. The molecule has 2 aliphatic rings. The molecule has 29 heavy (non-hydrogen) atoms. The summed E-state index contributed by atoms with van der Waals surface area (Å²) in [6.07, 6.45) is 2.65. The zero-order chi connectivity index (χ0) is 20.2. The number of carbonyl (C=O) groups is 2. The molecule has 2 aromatic rings. The van der Waals surface area contributed by atoms with Gasteiger partial charge in [-0.2, -0.15) is 0 Å². The minimum atomic E-state index is -0.133. The van der Waals surface area contributed by atoms with E-state index >= 15 is 0 Å². The van der Waals surface area contributed by atoms with Crippen LogP contribution in [0.3, 0.4) is 0 Å². The Kier molecular flexibility index (Phi) is 5.89. The number of hydrogen-bond acceptors (Lipinski definition) is 5. The maximum Gasteiger partial charge on any atom is 0.253 e. The first kappa shape index (κ1) is 19.6. The van der Waals surface area contributed by atoms with Crippen molar-refractivity contribution in [1.29, 1.82) is 0 Å². The summed E-state index contributed by atoms with van der Waals surface area (Å²) in [6, 6.07) is 7.00. The second-order valence-electron chi connectivity index (χ2n) is 7.71. The van der Waals surface area contributed by atoms with E-state index in [9.17, 15) is 9.59 Å². The average Bonchev–Trinajstić information content (AvgIpc) is 3.21. The Hall–Kier alpha value is -2.74. The zero-order valence-electron chi connectivity index (χ0n) is 16.9. The van der Waals surface area contributed by atoms with Crippen LogP contribution in [0, 0.1) is 0 Å². The molecule has 154 valence electrons. The first-order valence-corrected chi connectivity index (χ1v) is 10.5. The molecule has 8 nitrogen and oxygen atoms in total. The van der Waals surface area contributed by atoms with Crippen molar-refractivity contribution >= 4 is 11.8 Å². The van der Waals surface area contributed by atoms with Gasteiger partial charge in [0.05, 0.1) is 6.54 Å². The van der Waals surface area contributed by atoms with E-state index in [1.54, 1.807) is 24.3 Å². The van der Waals surface area contributed by atoms with Crippen LogP contribution < -0.4 is 10.6 Å². The van der Waals surface area contributed by atoms with Gasteiger partial charge in [-0.05, 0) is 37.5 Å². The maximum absolute atomic E-state index is 13.0. The lowest BCUT2D eigenvalue weighted by Gasteiger charge is -2.32. The van der Waals surface area contributed by atoms with E-state index in [-0.39, 0.29) is 11.8 Å². The number of nitrogens with one attached hydrogen (secondary N) is 2. The van der Waals surface area contributed by atoms with Crippen LogP contribution in [0.2, 0.25) is 0 Å². The highest BCUT2D eigenvalue weighted by Crippen LogP contribution is 2.28. The normalized spacial score (nSPS) is 17.1. The summed E-state index contributed by atoms with van der Waals surface area (Å²) in [5, 5.41) is 14.9. The van der Waals surface area contributed by atoms with E-state index in [1.807, 2.05) is 11.8 Å². The van der Waals surface area contributed by atoms with Gasteiger partial charge in [-0.3, -0.25) is 9.59 Å². The van der Waals surface area contributed by atoms with Crippen molar-refractivity contribution in [3.05, 3.63) is 47.0 Å². The number of rotatable bonds is 5. The number of likely N-dealkylation sites (tertiary alicyclic amines) is 1. The first-order chi connectivity index (χ1) is 14.2. The molecule has 1 saturated heterocycles. The zero-order valence-corrected chi connectivity index (χ0v) is 16.9. The SMILES string of the molecule is CCCNC(=O)c1cccc(C(=O)N2CCC(c3nnc4n3CCNC4)CC2)c1. The summed E-state index contributed by atoms with van der Waals surface area (Å²) < 4.78 is 2.23. The number of nitrogens with zero attached hydrogens (tertiary/aromatic N) is 4. The van der Waals surface area contributed by atoms with Crippen LogP contribution in [-0.4, -0.2) is 57.7 Å². The summed E-state index contributed by atoms with van der Waals surface area (Å²) in [5.41, 5.74) is 1.10. The minimum Gasteiger partial charge on any atom is -0.352 e. The van der Waals surface area contributed by atoms with Crippen molar-refractivity contribution in [2.45, 2.75) is 45.2 Å². The largest absolute Gasteiger partial charge is 0.352 e. The number of piperidine rings is 1. The van der Waals surface area contributed by atoms with Crippen molar-refractivity contribution < 1.29 is 9.59 Å². The molecule has 0 saturated carbocycles. The molecule has 4 rings (SSSR count). The third kappa shape index (κ3) is 4.17. The summed E-state index contributed by atoms with van der Waals surface area (Å²) >= 11 is 0. The van der Waals surface area contributed by atoms with Crippen molar-refractivity contribution in [3.63, 3.8) is 0 Å². The van der Waals surface area contributed by atoms with Gasteiger partial charge in [-0.25, -0.2) is 0 Å². The van der Waals surface area contributed by atoms with E-state index in [1.165, 1.54) is 0 Å². The van der Waals surface area contributed by atoms with Crippen LogP contribution in [0.1, 0.15) is 64.5 Å². The fourth-order valence-electron chi connectivity index (χ4n) is 4.07. The Labute approximate surface area is 170 Å². The molecule has 1 aromatic carbocycles. The van der Waals surface area contributed by atoms with Crippen LogP contribution in [0.4, 0.5) is 0 Å². The van der Waals surface area contributed by atoms with E-state index in [0.29, 0.717) is 36.7 Å². The molecule has 1 aromatic heterocycles. The molecule has 0 aliphatic carbocycles. The summed E-state index contributed by atoms with van der Waals surface area (Å²) in [7, 11) is 0. The van der Waals surface area contributed by atoms with Crippen molar-refractivity contribution in [3.8, 4) is 0 Å². The van der Waals surface area contributed by atoms with E-state index < -0.39 is 0 Å². The van der Waals surface area contributed by atoms with Gasteiger partial charge < -0.3 is 20.1 Å². The highest BCUT2D eigenvalue weighted by Gasteiger charge is 2.29. The van der Waals surface area contributed by atoms with Crippen LogP contribution in [0.15, 0.2) is 24.3 Å². The predicted molar refractivity (Wildman–Crippen MR) is 109 cm³/mol. The molecule has 0 bridgehead atoms. The van der Waals surface area contributed by atoms with Gasteiger partial charge in [-0.1, -0.05) is 13.0 Å². The number of benzene rings is 1. The quantitative estimate of drug-likeness (QED) is 0.800. The highest BCUT2D eigenvalue weighted by molar-refractivity contribution is 5.99. The van der Waals surface area contributed by atoms with E-state index in [2.05, 4.69) is 25.4 Å². The summed E-state index contributed by atoms with van der Waals surface area (Å²) in [6.45, 7) is 6.64.